The van der Waals surface area contributed by atoms with Gasteiger partial charge >= 0.3 is 0 Å². The second-order valence-electron chi connectivity index (χ2n) is 5.27. The van der Waals surface area contributed by atoms with E-state index in [0.717, 1.165) is 0 Å². The summed E-state index contributed by atoms with van der Waals surface area (Å²) in [5, 5.41) is 0. The maximum absolute atomic E-state index is 12.5. The van der Waals surface area contributed by atoms with Crippen molar-refractivity contribution < 1.29 is 17.6 Å². The third kappa shape index (κ3) is 3.93. The number of rotatable bonds is 7. The molecule has 6 nitrogen and oxygen atoms in total. The zero-order valence-electron chi connectivity index (χ0n) is 13.6. The van der Waals surface area contributed by atoms with Crippen LogP contribution >= 0.6 is 0 Å². The fourth-order valence-corrected chi connectivity index (χ4v) is 3.13. The maximum atomic E-state index is 12.5. The molecular formula is C17H20N2O4S. The largest absolute Gasteiger partial charge is 0.467 e. The van der Waals surface area contributed by atoms with E-state index in [1.54, 1.807) is 25.4 Å². The van der Waals surface area contributed by atoms with Crippen LogP contribution in [0.25, 0.3) is 0 Å². The van der Waals surface area contributed by atoms with Crippen molar-refractivity contribution in [2.24, 2.45) is 0 Å². The lowest BCUT2D eigenvalue weighted by Gasteiger charge is -2.23. The molecule has 0 aliphatic heterocycles. The van der Waals surface area contributed by atoms with E-state index in [2.05, 4.69) is 11.3 Å². The van der Waals surface area contributed by atoms with Crippen LogP contribution in [-0.4, -0.2) is 32.8 Å². The summed E-state index contributed by atoms with van der Waals surface area (Å²) in [7, 11) is -1.93. The molecule has 0 spiro atoms. The van der Waals surface area contributed by atoms with E-state index in [0.29, 0.717) is 11.3 Å². The third-order valence-electron chi connectivity index (χ3n) is 3.69. The number of benzene rings is 1. The van der Waals surface area contributed by atoms with Gasteiger partial charge in [0.05, 0.1) is 17.2 Å². The Bertz CT molecular complexity index is 796. The lowest BCUT2D eigenvalue weighted by Crippen LogP contribution is -2.29. The molecule has 1 unspecified atom stereocenters. The quantitative estimate of drug-likeness (QED) is 0.780. The lowest BCUT2D eigenvalue weighted by atomic mass is 10.1. The van der Waals surface area contributed by atoms with Gasteiger partial charge < -0.3 is 9.32 Å². The highest BCUT2D eigenvalue weighted by Gasteiger charge is 2.21. The monoisotopic (exact) mass is 348 g/mol. The average molecular weight is 348 g/mol. The van der Waals surface area contributed by atoms with Gasteiger partial charge in [0.15, 0.2) is 0 Å². The Kier molecular flexibility index (Phi) is 5.58. The molecule has 1 amide bonds. The molecule has 0 fully saturated rings. The summed E-state index contributed by atoms with van der Waals surface area (Å²) >= 11 is 0. The Morgan fingerprint density at radius 1 is 1.33 bits per heavy atom. The molecule has 128 valence electrons. The highest BCUT2D eigenvalue weighted by atomic mass is 32.2. The van der Waals surface area contributed by atoms with Crippen LogP contribution in [0.15, 0.2) is 64.6 Å². The van der Waals surface area contributed by atoms with Crippen LogP contribution in [0.1, 0.15) is 29.1 Å². The molecule has 1 aromatic heterocycles. The minimum atomic E-state index is -3.60. The van der Waals surface area contributed by atoms with Crippen molar-refractivity contribution in [2.75, 3.05) is 13.6 Å². The van der Waals surface area contributed by atoms with E-state index in [9.17, 15) is 13.2 Å². The number of furan rings is 1. The first-order valence-electron chi connectivity index (χ1n) is 7.38. The minimum absolute atomic E-state index is 0.0997. The van der Waals surface area contributed by atoms with Gasteiger partial charge in [-0.15, -0.1) is 6.58 Å². The molecular weight excluding hydrogens is 328 g/mol. The lowest BCUT2D eigenvalue weighted by molar-refractivity contribution is 0.0726. The van der Waals surface area contributed by atoms with Crippen LogP contribution < -0.4 is 4.72 Å². The summed E-state index contributed by atoms with van der Waals surface area (Å²) in [5.74, 6) is 0.459. The van der Waals surface area contributed by atoms with Crippen LogP contribution in [-0.2, 0) is 10.0 Å². The molecule has 2 rings (SSSR count). The van der Waals surface area contributed by atoms with Crippen molar-refractivity contribution in [1.29, 1.82) is 0 Å². The predicted octanol–water partition coefficient (Wildman–Crippen LogP) is 2.58. The molecule has 24 heavy (non-hydrogen) atoms. The number of hydrogen-bond acceptors (Lipinski definition) is 4. The Labute approximate surface area is 141 Å². The summed E-state index contributed by atoms with van der Waals surface area (Å²) in [5.41, 5.74) is 0.401. The van der Waals surface area contributed by atoms with Crippen molar-refractivity contribution in [3.8, 4) is 0 Å². The van der Waals surface area contributed by atoms with Crippen LogP contribution in [0.5, 0.6) is 0 Å². The molecule has 1 heterocycles. The van der Waals surface area contributed by atoms with Crippen LogP contribution in [0, 0.1) is 0 Å². The number of hydrogen-bond donors (Lipinski definition) is 1. The average Bonchev–Trinajstić information content (AvgIpc) is 3.12. The van der Waals surface area contributed by atoms with Gasteiger partial charge in [-0.05, 0) is 43.3 Å². The van der Waals surface area contributed by atoms with Gasteiger partial charge in [0.1, 0.15) is 5.76 Å². The van der Waals surface area contributed by atoms with Gasteiger partial charge in [-0.3, -0.25) is 4.79 Å². The smallest absolute Gasteiger partial charge is 0.254 e. The van der Waals surface area contributed by atoms with Gasteiger partial charge in [-0.1, -0.05) is 6.08 Å². The normalized spacial score (nSPS) is 12.6. The first-order chi connectivity index (χ1) is 11.4. The number of nitrogens with one attached hydrogen (secondary N) is 1. The Hall–Kier alpha value is -2.38. The molecule has 0 saturated heterocycles. The van der Waals surface area contributed by atoms with Crippen molar-refractivity contribution in [3.05, 3.63) is 66.6 Å². The number of amides is 1. The van der Waals surface area contributed by atoms with Gasteiger partial charge in [0.2, 0.25) is 10.0 Å². The van der Waals surface area contributed by atoms with Crippen LogP contribution in [0.2, 0.25) is 0 Å². The molecule has 0 radical (unpaired) electrons. The van der Waals surface area contributed by atoms with Gasteiger partial charge in [-0.25, -0.2) is 13.1 Å². The van der Waals surface area contributed by atoms with E-state index >= 15 is 0 Å². The van der Waals surface area contributed by atoms with E-state index in [-0.39, 0.29) is 23.4 Å². The predicted molar refractivity (Wildman–Crippen MR) is 91.0 cm³/mol. The van der Waals surface area contributed by atoms with Crippen molar-refractivity contribution in [2.45, 2.75) is 17.9 Å². The summed E-state index contributed by atoms with van der Waals surface area (Å²) < 4.78 is 31.7. The number of nitrogens with zero attached hydrogens (tertiary/aromatic N) is 1. The minimum Gasteiger partial charge on any atom is -0.467 e. The first-order valence-corrected chi connectivity index (χ1v) is 8.86. The summed E-state index contributed by atoms with van der Waals surface area (Å²) in [6, 6.07) is 9.14. The second-order valence-corrected chi connectivity index (χ2v) is 7.04. The van der Waals surface area contributed by atoms with Gasteiger partial charge in [0.25, 0.3) is 5.91 Å². The fourth-order valence-electron chi connectivity index (χ4n) is 2.13. The summed E-state index contributed by atoms with van der Waals surface area (Å²) in [6.07, 6.45) is 3.01. The van der Waals surface area contributed by atoms with E-state index < -0.39 is 10.0 Å². The Morgan fingerprint density at radius 2 is 2.00 bits per heavy atom. The standard InChI is InChI=1S/C17H20N2O4S/c1-4-11-18-24(21,22)15-9-7-14(8-10-15)17(20)19(3)13(2)16-6-5-12-23-16/h4-10,12-13,18H,1,11H2,2-3H3. The van der Waals surface area contributed by atoms with Crippen LogP contribution in [0.3, 0.4) is 0 Å². The van der Waals surface area contributed by atoms with Crippen LogP contribution in [0.4, 0.5) is 0 Å². The molecule has 0 bridgehead atoms. The summed E-state index contributed by atoms with van der Waals surface area (Å²) in [6.45, 7) is 5.47. The molecule has 1 atom stereocenters. The van der Waals surface area contributed by atoms with Gasteiger partial charge in [-0.2, -0.15) is 0 Å². The number of carbonyl (C=O) groups excluding carboxylic acids is 1. The van der Waals surface area contributed by atoms with Crippen molar-refractivity contribution in [1.82, 2.24) is 9.62 Å². The van der Waals surface area contributed by atoms with Crippen molar-refractivity contribution in [3.63, 3.8) is 0 Å². The third-order valence-corrected chi connectivity index (χ3v) is 5.12. The van der Waals surface area contributed by atoms with E-state index in [1.165, 1.54) is 35.2 Å². The summed E-state index contributed by atoms with van der Waals surface area (Å²) in [4.78, 5) is 14.2. The Balaban J connectivity index is 2.15. The molecule has 1 aromatic carbocycles. The number of carbonyl (C=O) groups is 1. The molecule has 0 aliphatic rings. The topological polar surface area (TPSA) is 79.6 Å². The molecule has 0 aliphatic carbocycles. The van der Waals surface area contributed by atoms with E-state index in [4.69, 9.17) is 4.42 Å². The number of sulfonamides is 1. The Morgan fingerprint density at radius 3 is 2.54 bits per heavy atom. The maximum Gasteiger partial charge on any atom is 0.254 e. The highest BCUT2D eigenvalue weighted by molar-refractivity contribution is 7.89. The zero-order chi connectivity index (χ0) is 17.7. The second kappa shape index (κ2) is 7.46. The zero-order valence-corrected chi connectivity index (χ0v) is 14.4. The SMILES string of the molecule is C=CCNS(=O)(=O)c1ccc(C(=O)N(C)C(C)c2ccco2)cc1. The molecule has 1 N–H and O–H groups in total. The molecule has 7 heteroatoms. The van der Waals surface area contributed by atoms with Gasteiger partial charge in [0, 0.05) is 19.2 Å². The fraction of sp³-hybridized carbons (Fsp3) is 0.235. The molecule has 2 aromatic rings. The first kappa shape index (κ1) is 18.0. The van der Waals surface area contributed by atoms with E-state index in [1.807, 2.05) is 6.92 Å². The van der Waals surface area contributed by atoms with Crippen molar-refractivity contribution >= 4 is 15.9 Å². The molecule has 0 saturated carbocycles. The highest BCUT2D eigenvalue weighted by Crippen LogP contribution is 2.21.